The lowest BCUT2D eigenvalue weighted by Crippen LogP contribution is -2.40. The Morgan fingerprint density at radius 1 is 1.18 bits per heavy atom. The molecule has 1 saturated carbocycles. The normalized spacial score (nSPS) is 22.6. The van der Waals surface area contributed by atoms with Crippen molar-refractivity contribution >= 4 is 5.96 Å². The summed E-state index contributed by atoms with van der Waals surface area (Å²) < 4.78 is 5.57. The summed E-state index contributed by atoms with van der Waals surface area (Å²) in [6, 6.07) is 0. The van der Waals surface area contributed by atoms with Gasteiger partial charge in [0.15, 0.2) is 5.96 Å². The van der Waals surface area contributed by atoms with Gasteiger partial charge in [0.1, 0.15) is 5.76 Å². The number of oxazole rings is 1. The molecule has 1 aliphatic carbocycles. The monoisotopic (exact) mass is 306 g/mol. The van der Waals surface area contributed by atoms with E-state index in [0.29, 0.717) is 12.4 Å². The Labute approximate surface area is 134 Å². The molecule has 1 fully saturated rings. The topological polar surface area (TPSA) is 62.5 Å². The van der Waals surface area contributed by atoms with Crippen molar-refractivity contribution in [2.24, 2.45) is 16.8 Å². The van der Waals surface area contributed by atoms with E-state index in [1.807, 2.05) is 13.8 Å². The first-order chi connectivity index (χ1) is 10.6. The summed E-state index contributed by atoms with van der Waals surface area (Å²) in [5.41, 5.74) is 0.951. The van der Waals surface area contributed by atoms with Crippen molar-refractivity contribution in [1.29, 1.82) is 0 Å². The van der Waals surface area contributed by atoms with Crippen LogP contribution in [0.4, 0.5) is 0 Å². The Bertz CT molecular complexity index is 467. The van der Waals surface area contributed by atoms with Gasteiger partial charge in [-0.2, -0.15) is 0 Å². The molecule has 0 spiro atoms. The zero-order valence-corrected chi connectivity index (χ0v) is 14.4. The third-order valence-electron chi connectivity index (χ3n) is 4.81. The van der Waals surface area contributed by atoms with Crippen LogP contribution < -0.4 is 10.6 Å². The van der Waals surface area contributed by atoms with Crippen molar-refractivity contribution in [2.75, 3.05) is 13.6 Å². The van der Waals surface area contributed by atoms with Gasteiger partial charge in [-0.3, -0.25) is 4.99 Å². The molecule has 0 aliphatic heterocycles. The van der Waals surface area contributed by atoms with Crippen LogP contribution >= 0.6 is 0 Å². The second-order valence-corrected chi connectivity index (χ2v) is 6.35. The summed E-state index contributed by atoms with van der Waals surface area (Å²) >= 11 is 0. The Morgan fingerprint density at radius 3 is 2.41 bits per heavy atom. The number of aryl methyl sites for hydroxylation is 2. The maximum absolute atomic E-state index is 5.57. The first-order valence-corrected chi connectivity index (χ1v) is 8.49. The van der Waals surface area contributed by atoms with Crippen LogP contribution in [0.1, 0.15) is 56.4 Å². The van der Waals surface area contributed by atoms with Crippen molar-refractivity contribution in [3.05, 3.63) is 17.3 Å². The summed E-state index contributed by atoms with van der Waals surface area (Å²) in [5.74, 6) is 4.14. The van der Waals surface area contributed by atoms with Crippen molar-refractivity contribution in [1.82, 2.24) is 15.6 Å². The van der Waals surface area contributed by atoms with E-state index in [0.717, 1.165) is 35.8 Å². The van der Waals surface area contributed by atoms with Gasteiger partial charge < -0.3 is 15.1 Å². The van der Waals surface area contributed by atoms with Crippen LogP contribution in [0, 0.1) is 25.7 Å². The maximum Gasteiger partial charge on any atom is 0.214 e. The van der Waals surface area contributed by atoms with Gasteiger partial charge in [-0.05, 0) is 38.5 Å². The second-order valence-electron chi connectivity index (χ2n) is 6.35. The first kappa shape index (κ1) is 16.8. The molecule has 0 saturated heterocycles. The third-order valence-corrected chi connectivity index (χ3v) is 4.81. The SMILES string of the molecule is CCC1CCC(CNC(=NC)NCc2nc(C)c(C)o2)CC1. The summed E-state index contributed by atoms with van der Waals surface area (Å²) in [7, 11) is 1.80. The number of rotatable bonds is 5. The zero-order valence-electron chi connectivity index (χ0n) is 14.4. The smallest absolute Gasteiger partial charge is 0.214 e. The highest BCUT2D eigenvalue weighted by atomic mass is 16.4. The second kappa shape index (κ2) is 8.20. The van der Waals surface area contributed by atoms with Gasteiger partial charge in [-0.15, -0.1) is 0 Å². The van der Waals surface area contributed by atoms with Gasteiger partial charge in [-0.1, -0.05) is 26.2 Å². The minimum Gasteiger partial charge on any atom is -0.444 e. The number of nitrogens with one attached hydrogen (secondary N) is 2. The Hall–Kier alpha value is -1.52. The van der Waals surface area contributed by atoms with E-state index < -0.39 is 0 Å². The Morgan fingerprint density at radius 2 is 1.86 bits per heavy atom. The fourth-order valence-corrected chi connectivity index (χ4v) is 3.08. The molecule has 2 N–H and O–H groups in total. The molecule has 22 heavy (non-hydrogen) atoms. The van der Waals surface area contributed by atoms with E-state index in [4.69, 9.17) is 4.42 Å². The lowest BCUT2D eigenvalue weighted by atomic mass is 9.81. The van der Waals surface area contributed by atoms with Gasteiger partial charge in [0.25, 0.3) is 0 Å². The van der Waals surface area contributed by atoms with E-state index >= 15 is 0 Å². The Kier molecular flexibility index (Phi) is 6.28. The van der Waals surface area contributed by atoms with Gasteiger partial charge >= 0.3 is 0 Å². The fourth-order valence-electron chi connectivity index (χ4n) is 3.08. The van der Waals surface area contributed by atoms with Crippen molar-refractivity contribution < 1.29 is 4.42 Å². The minimum absolute atomic E-state index is 0.566. The maximum atomic E-state index is 5.57. The number of aromatic nitrogens is 1. The number of hydrogen-bond acceptors (Lipinski definition) is 3. The van der Waals surface area contributed by atoms with Crippen molar-refractivity contribution in [3.8, 4) is 0 Å². The predicted molar refractivity (Wildman–Crippen MR) is 89.9 cm³/mol. The first-order valence-electron chi connectivity index (χ1n) is 8.49. The fraction of sp³-hybridized carbons (Fsp3) is 0.765. The highest BCUT2D eigenvalue weighted by Gasteiger charge is 2.20. The molecule has 5 nitrogen and oxygen atoms in total. The van der Waals surface area contributed by atoms with E-state index in [9.17, 15) is 0 Å². The molecular weight excluding hydrogens is 276 g/mol. The molecule has 124 valence electrons. The molecule has 0 radical (unpaired) electrons. The largest absolute Gasteiger partial charge is 0.444 e. The highest BCUT2D eigenvalue weighted by molar-refractivity contribution is 5.79. The lowest BCUT2D eigenvalue weighted by molar-refractivity contribution is 0.269. The van der Waals surface area contributed by atoms with Crippen LogP contribution in [0.15, 0.2) is 9.41 Å². The summed E-state index contributed by atoms with van der Waals surface area (Å²) in [6.07, 6.45) is 6.76. The van der Waals surface area contributed by atoms with Crippen molar-refractivity contribution in [2.45, 2.75) is 59.4 Å². The Balaban J connectivity index is 1.71. The lowest BCUT2D eigenvalue weighted by Gasteiger charge is -2.28. The summed E-state index contributed by atoms with van der Waals surface area (Å²) in [5, 5.41) is 6.70. The molecule has 1 aromatic rings. The number of guanidine groups is 1. The number of nitrogens with zero attached hydrogens (tertiary/aromatic N) is 2. The zero-order chi connectivity index (χ0) is 15.9. The molecule has 1 aliphatic rings. The number of aliphatic imine (C=N–C) groups is 1. The summed E-state index contributed by atoms with van der Waals surface area (Å²) in [6.45, 7) is 7.77. The van der Waals surface area contributed by atoms with Gasteiger partial charge in [0, 0.05) is 13.6 Å². The average Bonchev–Trinajstić information content (AvgIpc) is 2.86. The molecule has 1 heterocycles. The molecule has 2 rings (SSSR count). The van der Waals surface area contributed by atoms with Crippen LogP contribution in [0.2, 0.25) is 0 Å². The summed E-state index contributed by atoms with van der Waals surface area (Å²) in [4.78, 5) is 8.65. The predicted octanol–water partition coefficient (Wildman–Crippen LogP) is 3.17. The highest BCUT2D eigenvalue weighted by Crippen LogP contribution is 2.29. The molecule has 5 heteroatoms. The van der Waals surface area contributed by atoms with Crippen LogP contribution in [-0.4, -0.2) is 24.5 Å². The van der Waals surface area contributed by atoms with E-state index in [2.05, 4.69) is 27.5 Å². The molecular formula is C17H30N4O. The standard InChI is InChI=1S/C17H30N4O/c1-5-14-6-8-15(9-7-14)10-19-17(18-4)20-11-16-21-12(2)13(3)22-16/h14-15H,5-11H2,1-4H3,(H2,18,19,20). The molecule has 0 amide bonds. The van der Waals surface area contributed by atoms with Gasteiger partial charge in [0.2, 0.25) is 5.89 Å². The average molecular weight is 306 g/mol. The molecule has 0 unspecified atom stereocenters. The van der Waals surface area contributed by atoms with Crippen LogP contribution in [-0.2, 0) is 6.54 Å². The van der Waals surface area contributed by atoms with E-state index in [1.54, 1.807) is 7.05 Å². The van der Waals surface area contributed by atoms with Gasteiger partial charge in [-0.25, -0.2) is 4.98 Å². The quantitative estimate of drug-likeness (QED) is 0.648. The van der Waals surface area contributed by atoms with E-state index in [-0.39, 0.29) is 0 Å². The molecule has 1 aromatic heterocycles. The third kappa shape index (κ3) is 4.75. The number of hydrogen-bond donors (Lipinski definition) is 2. The van der Waals surface area contributed by atoms with Gasteiger partial charge in [0.05, 0.1) is 12.2 Å². The molecule has 0 aromatic carbocycles. The van der Waals surface area contributed by atoms with Crippen LogP contribution in [0.5, 0.6) is 0 Å². The van der Waals surface area contributed by atoms with Crippen molar-refractivity contribution in [3.63, 3.8) is 0 Å². The minimum atomic E-state index is 0.566. The molecule has 0 atom stereocenters. The van der Waals surface area contributed by atoms with Crippen LogP contribution in [0.3, 0.4) is 0 Å². The van der Waals surface area contributed by atoms with Crippen LogP contribution in [0.25, 0.3) is 0 Å². The van der Waals surface area contributed by atoms with E-state index in [1.165, 1.54) is 32.1 Å². The molecule has 0 bridgehead atoms.